The number of carbonyl (C=O) groups is 2. The summed E-state index contributed by atoms with van der Waals surface area (Å²) < 4.78 is 6.89. The van der Waals surface area contributed by atoms with E-state index in [0.29, 0.717) is 30.1 Å². The first kappa shape index (κ1) is 19.9. The van der Waals surface area contributed by atoms with Gasteiger partial charge in [-0.3, -0.25) is 9.59 Å². The number of anilines is 2. The second-order valence-electron chi connectivity index (χ2n) is 7.97. The molecule has 0 radical (unpaired) electrons. The van der Waals surface area contributed by atoms with Gasteiger partial charge in [-0.25, -0.2) is 0 Å². The quantitative estimate of drug-likeness (QED) is 0.654. The van der Waals surface area contributed by atoms with E-state index >= 15 is 0 Å². The normalized spacial score (nSPS) is 19.6. The zero-order chi connectivity index (χ0) is 22.2. The zero-order valence-electron chi connectivity index (χ0n) is 17.7. The lowest BCUT2D eigenvalue weighted by Crippen LogP contribution is -2.33. The number of tetrazole rings is 1. The molecule has 5 rings (SSSR count). The number of rotatable bonds is 4. The number of ether oxygens (including phenoxy) is 1. The summed E-state index contributed by atoms with van der Waals surface area (Å²) in [6.07, 6.45) is 1.09. The highest BCUT2D eigenvalue weighted by Crippen LogP contribution is 2.43. The summed E-state index contributed by atoms with van der Waals surface area (Å²) in [4.78, 5) is 24.7. The molecule has 2 unspecified atom stereocenters. The number of hydrogen-bond donors (Lipinski definition) is 2. The standard InChI is InChI=1S/C23H22N6O3/c1-13(30)24-17-7-3-15(4-8-17)22-21-19(25-23-26-27-28-29(22)23)11-16(12-20(21)31)14-5-9-18(32-2)10-6-14/h3-10,16,22H,11-12H2,1-2H3,(H,24,30)(H,25,26,28). The molecule has 2 N–H and O–H groups in total. The van der Waals surface area contributed by atoms with Gasteiger partial charge >= 0.3 is 0 Å². The van der Waals surface area contributed by atoms with Crippen LogP contribution in [0.25, 0.3) is 0 Å². The van der Waals surface area contributed by atoms with Crippen LogP contribution in [-0.4, -0.2) is 39.0 Å². The van der Waals surface area contributed by atoms with Gasteiger partial charge in [0.1, 0.15) is 11.8 Å². The Bertz CT molecular complexity index is 1210. The highest BCUT2D eigenvalue weighted by molar-refractivity contribution is 6.00. The molecular formula is C23H22N6O3. The summed E-state index contributed by atoms with van der Waals surface area (Å²) in [5.74, 6) is 1.28. The van der Waals surface area contributed by atoms with Crippen molar-refractivity contribution in [3.05, 3.63) is 70.9 Å². The Morgan fingerprint density at radius 1 is 1.09 bits per heavy atom. The van der Waals surface area contributed by atoms with Gasteiger partial charge in [0.15, 0.2) is 5.78 Å². The minimum atomic E-state index is -0.424. The highest BCUT2D eigenvalue weighted by Gasteiger charge is 2.39. The number of benzene rings is 2. The molecule has 2 aromatic carbocycles. The number of nitrogens with one attached hydrogen (secondary N) is 2. The van der Waals surface area contributed by atoms with E-state index in [4.69, 9.17) is 4.74 Å². The molecule has 0 saturated heterocycles. The number of amides is 1. The fraction of sp³-hybridized carbons (Fsp3) is 0.261. The number of allylic oxidation sites excluding steroid dienone is 2. The van der Waals surface area contributed by atoms with Crippen LogP contribution in [0.2, 0.25) is 0 Å². The van der Waals surface area contributed by atoms with Gasteiger partial charge in [-0.15, -0.1) is 0 Å². The Morgan fingerprint density at radius 2 is 1.81 bits per heavy atom. The van der Waals surface area contributed by atoms with Gasteiger partial charge in [0.05, 0.1) is 7.11 Å². The molecule has 0 fully saturated rings. The van der Waals surface area contributed by atoms with E-state index in [0.717, 1.165) is 22.6 Å². The van der Waals surface area contributed by atoms with Crippen LogP contribution >= 0.6 is 0 Å². The Morgan fingerprint density at radius 3 is 2.50 bits per heavy atom. The lowest BCUT2D eigenvalue weighted by Gasteiger charge is -2.34. The lowest BCUT2D eigenvalue weighted by molar-refractivity contribution is -0.117. The predicted molar refractivity (Wildman–Crippen MR) is 117 cm³/mol. The van der Waals surface area contributed by atoms with E-state index in [9.17, 15) is 9.59 Å². The van der Waals surface area contributed by atoms with Crippen molar-refractivity contribution in [2.45, 2.75) is 31.7 Å². The van der Waals surface area contributed by atoms with E-state index in [1.54, 1.807) is 11.8 Å². The number of nitrogens with zero attached hydrogens (tertiary/aromatic N) is 4. The number of methoxy groups -OCH3 is 1. The Hall–Kier alpha value is -4.01. The topological polar surface area (TPSA) is 111 Å². The van der Waals surface area contributed by atoms with Gasteiger partial charge in [-0.1, -0.05) is 29.4 Å². The molecular weight excluding hydrogens is 408 g/mol. The maximum atomic E-state index is 13.4. The molecule has 0 spiro atoms. The molecule has 2 heterocycles. The molecule has 1 aliphatic heterocycles. The van der Waals surface area contributed by atoms with Gasteiger partial charge in [0.2, 0.25) is 11.9 Å². The average molecular weight is 430 g/mol. The van der Waals surface area contributed by atoms with Gasteiger partial charge in [0, 0.05) is 30.3 Å². The molecule has 2 aliphatic rings. The first-order valence-electron chi connectivity index (χ1n) is 10.4. The van der Waals surface area contributed by atoms with Crippen molar-refractivity contribution >= 4 is 23.3 Å². The number of Topliss-reactive ketones (excluding diaryl/α,β-unsaturated/α-hetero) is 1. The second kappa shape index (κ2) is 7.92. The van der Waals surface area contributed by atoms with E-state index in [-0.39, 0.29) is 17.6 Å². The van der Waals surface area contributed by atoms with Crippen molar-refractivity contribution in [2.75, 3.05) is 17.7 Å². The molecule has 0 bridgehead atoms. The molecule has 1 aliphatic carbocycles. The Labute approximate surface area is 184 Å². The van der Waals surface area contributed by atoms with Crippen LogP contribution in [0.1, 0.15) is 42.9 Å². The largest absolute Gasteiger partial charge is 0.497 e. The number of carbonyl (C=O) groups excluding carboxylic acids is 2. The maximum absolute atomic E-state index is 13.4. The molecule has 3 aromatic rings. The van der Waals surface area contributed by atoms with Crippen molar-refractivity contribution in [1.82, 2.24) is 20.2 Å². The zero-order valence-corrected chi connectivity index (χ0v) is 17.7. The first-order valence-corrected chi connectivity index (χ1v) is 10.4. The van der Waals surface area contributed by atoms with E-state index in [2.05, 4.69) is 26.2 Å². The monoisotopic (exact) mass is 430 g/mol. The molecule has 1 aromatic heterocycles. The summed E-state index contributed by atoms with van der Waals surface area (Å²) >= 11 is 0. The molecule has 32 heavy (non-hydrogen) atoms. The summed E-state index contributed by atoms with van der Waals surface area (Å²) in [6, 6.07) is 14.8. The summed E-state index contributed by atoms with van der Waals surface area (Å²) in [7, 11) is 1.63. The van der Waals surface area contributed by atoms with Crippen LogP contribution in [0, 0.1) is 0 Å². The van der Waals surface area contributed by atoms with Crippen LogP contribution < -0.4 is 15.4 Å². The summed E-state index contributed by atoms with van der Waals surface area (Å²) in [5.41, 5.74) is 4.18. The lowest BCUT2D eigenvalue weighted by atomic mass is 9.78. The fourth-order valence-corrected chi connectivity index (χ4v) is 4.45. The van der Waals surface area contributed by atoms with Gasteiger partial charge in [-0.05, 0) is 58.2 Å². The van der Waals surface area contributed by atoms with Gasteiger partial charge in [-0.2, -0.15) is 4.68 Å². The smallest absolute Gasteiger partial charge is 0.248 e. The third-order valence-corrected chi connectivity index (χ3v) is 5.92. The fourth-order valence-electron chi connectivity index (χ4n) is 4.45. The minimum Gasteiger partial charge on any atom is -0.497 e. The Kier molecular flexibility index (Phi) is 4.93. The Balaban J connectivity index is 1.51. The van der Waals surface area contributed by atoms with Crippen LogP contribution in [0.3, 0.4) is 0 Å². The van der Waals surface area contributed by atoms with Crippen LogP contribution in [-0.2, 0) is 9.59 Å². The molecule has 1 amide bonds. The van der Waals surface area contributed by atoms with Crippen molar-refractivity contribution in [1.29, 1.82) is 0 Å². The molecule has 9 heteroatoms. The minimum absolute atomic E-state index is 0.0601. The molecule has 2 atom stereocenters. The van der Waals surface area contributed by atoms with Crippen LogP contribution in [0.15, 0.2) is 59.8 Å². The third kappa shape index (κ3) is 3.51. The van der Waals surface area contributed by atoms with Crippen LogP contribution in [0.5, 0.6) is 5.75 Å². The molecule has 162 valence electrons. The van der Waals surface area contributed by atoms with Crippen molar-refractivity contribution in [2.24, 2.45) is 0 Å². The average Bonchev–Trinajstić information content (AvgIpc) is 3.26. The van der Waals surface area contributed by atoms with Crippen molar-refractivity contribution in [3.8, 4) is 5.75 Å². The number of fused-ring (bicyclic) bond motifs is 1. The van der Waals surface area contributed by atoms with E-state index in [1.165, 1.54) is 6.92 Å². The number of ketones is 1. The molecule has 0 saturated carbocycles. The van der Waals surface area contributed by atoms with Crippen molar-refractivity contribution in [3.63, 3.8) is 0 Å². The SMILES string of the molecule is COc1ccc(C2CC(=O)C3=C(C2)Nc2nnnn2C3c2ccc(NC(C)=O)cc2)cc1. The molecule has 9 nitrogen and oxygen atoms in total. The number of aromatic nitrogens is 4. The van der Waals surface area contributed by atoms with Crippen LogP contribution in [0.4, 0.5) is 11.6 Å². The summed E-state index contributed by atoms with van der Waals surface area (Å²) in [6.45, 7) is 1.46. The maximum Gasteiger partial charge on any atom is 0.248 e. The predicted octanol–water partition coefficient (Wildman–Crippen LogP) is 3.06. The van der Waals surface area contributed by atoms with Gasteiger partial charge in [0.25, 0.3) is 0 Å². The highest BCUT2D eigenvalue weighted by atomic mass is 16.5. The van der Waals surface area contributed by atoms with E-state index < -0.39 is 6.04 Å². The second-order valence-corrected chi connectivity index (χ2v) is 7.97. The third-order valence-electron chi connectivity index (χ3n) is 5.92. The summed E-state index contributed by atoms with van der Waals surface area (Å²) in [5, 5.41) is 18.1. The number of hydrogen-bond acceptors (Lipinski definition) is 7. The van der Waals surface area contributed by atoms with Gasteiger partial charge < -0.3 is 15.4 Å². The van der Waals surface area contributed by atoms with Crippen molar-refractivity contribution < 1.29 is 14.3 Å². The van der Waals surface area contributed by atoms with E-state index in [1.807, 2.05) is 48.5 Å². The first-order chi connectivity index (χ1) is 15.5.